The lowest BCUT2D eigenvalue weighted by Crippen LogP contribution is -1.90. The van der Waals surface area contributed by atoms with Gasteiger partial charge in [0.15, 0.2) is 0 Å². The third-order valence-corrected chi connectivity index (χ3v) is 3.27. The van der Waals surface area contributed by atoms with Gasteiger partial charge in [-0.05, 0) is 35.4 Å². The Kier molecular flexibility index (Phi) is 3.44. The predicted molar refractivity (Wildman–Crippen MR) is 79.8 cm³/mol. The Balaban J connectivity index is 2.19. The van der Waals surface area contributed by atoms with Crippen LogP contribution in [0.2, 0.25) is 0 Å². The van der Waals surface area contributed by atoms with Crippen molar-refractivity contribution in [2.75, 3.05) is 0 Å². The van der Waals surface area contributed by atoms with Gasteiger partial charge in [0.2, 0.25) is 0 Å². The first-order valence-electron chi connectivity index (χ1n) is 6.50. The summed E-state index contributed by atoms with van der Waals surface area (Å²) in [5, 5.41) is 8.97. The van der Waals surface area contributed by atoms with Crippen LogP contribution in [0.25, 0.3) is 22.4 Å². The maximum Gasteiger partial charge on any atom is 0.140 e. The van der Waals surface area contributed by atoms with E-state index in [2.05, 4.69) is 4.98 Å². The smallest absolute Gasteiger partial charge is 0.140 e. The van der Waals surface area contributed by atoms with E-state index in [9.17, 15) is 4.39 Å². The van der Waals surface area contributed by atoms with Gasteiger partial charge in [-0.3, -0.25) is 4.98 Å². The zero-order chi connectivity index (χ0) is 14.7. The number of aromatic nitrogens is 1. The number of rotatable bonds is 2. The third kappa shape index (κ3) is 2.52. The summed E-state index contributed by atoms with van der Waals surface area (Å²) in [7, 11) is 0. The first kappa shape index (κ1) is 13.0. The molecule has 1 aromatic heterocycles. The fourth-order valence-electron chi connectivity index (χ4n) is 2.26. The summed E-state index contributed by atoms with van der Waals surface area (Å²) in [6, 6.07) is 19.9. The average molecular weight is 274 g/mol. The molecule has 0 aliphatic rings. The Morgan fingerprint density at radius 2 is 1.67 bits per heavy atom. The minimum absolute atomic E-state index is 0.0447. The maximum atomic E-state index is 13.5. The van der Waals surface area contributed by atoms with E-state index in [0.29, 0.717) is 0 Å². The first-order valence-corrected chi connectivity index (χ1v) is 6.50. The summed E-state index contributed by atoms with van der Waals surface area (Å²) >= 11 is 0. The summed E-state index contributed by atoms with van der Waals surface area (Å²) in [4.78, 5) is 4.36. The average Bonchev–Trinajstić information content (AvgIpc) is 2.56. The van der Waals surface area contributed by atoms with E-state index < -0.39 is 5.82 Å². The molecule has 0 radical (unpaired) electrons. The zero-order valence-electron chi connectivity index (χ0n) is 11.1. The van der Waals surface area contributed by atoms with Gasteiger partial charge in [-0.2, -0.15) is 5.26 Å². The Morgan fingerprint density at radius 3 is 2.38 bits per heavy atom. The SMILES string of the molecule is N#Cc1cc(-c2ccccc2-c2ccccn2)ccc1F. The normalized spacial score (nSPS) is 10.1. The van der Waals surface area contributed by atoms with Crippen molar-refractivity contribution >= 4 is 0 Å². The molecule has 0 amide bonds. The Labute approximate surface area is 122 Å². The van der Waals surface area contributed by atoms with E-state index >= 15 is 0 Å². The first-order chi connectivity index (χ1) is 10.3. The minimum Gasteiger partial charge on any atom is -0.256 e. The predicted octanol–water partition coefficient (Wildman–Crippen LogP) is 4.43. The van der Waals surface area contributed by atoms with Crippen LogP contribution in [-0.4, -0.2) is 4.98 Å². The standard InChI is InChI=1S/C18H11FN2/c19-17-9-8-13(11-14(17)12-20)15-5-1-2-6-16(15)18-7-3-4-10-21-18/h1-11H. The van der Waals surface area contributed by atoms with Crippen LogP contribution in [0.5, 0.6) is 0 Å². The highest BCUT2D eigenvalue weighted by atomic mass is 19.1. The molecule has 2 nitrogen and oxygen atoms in total. The number of pyridine rings is 1. The van der Waals surface area contributed by atoms with Gasteiger partial charge in [-0.15, -0.1) is 0 Å². The quantitative estimate of drug-likeness (QED) is 0.693. The second-order valence-electron chi connectivity index (χ2n) is 4.57. The van der Waals surface area contributed by atoms with Crippen molar-refractivity contribution in [1.29, 1.82) is 5.26 Å². The van der Waals surface area contributed by atoms with Crippen molar-refractivity contribution in [1.82, 2.24) is 4.98 Å². The highest BCUT2D eigenvalue weighted by Gasteiger charge is 2.10. The van der Waals surface area contributed by atoms with Crippen LogP contribution in [0.4, 0.5) is 4.39 Å². The van der Waals surface area contributed by atoms with Crippen molar-refractivity contribution in [2.45, 2.75) is 0 Å². The molecular weight excluding hydrogens is 263 g/mol. The molecule has 100 valence electrons. The Hall–Kier alpha value is -2.99. The number of hydrogen-bond acceptors (Lipinski definition) is 2. The molecule has 0 saturated heterocycles. The van der Waals surface area contributed by atoms with Crippen LogP contribution >= 0.6 is 0 Å². The molecule has 0 N–H and O–H groups in total. The summed E-state index contributed by atoms with van der Waals surface area (Å²) in [5.41, 5.74) is 3.56. The fraction of sp³-hybridized carbons (Fsp3) is 0. The molecule has 0 spiro atoms. The van der Waals surface area contributed by atoms with E-state index in [1.54, 1.807) is 18.3 Å². The van der Waals surface area contributed by atoms with E-state index in [4.69, 9.17) is 5.26 Å². The molecule has 0 bridgehead atoms. The van der Waals surface area contributed by atoms with E-state index in [-0.39, 0.29) is 5.56 Å². The largest absolute Gasteiger partial charge is 0.256 e. The molecule has 0 fully saturated rings. The summed E-state index contributed by atoms with van der Waals surface area (Å²) in [5.74, 6) is -0.503. The van der Waals surface area contributed by atoms with Crippen LogP contribution in [0.3, 0.4) is 0 Å². The number of halogens is 1. The van der Waals surface area contributed by atoms with Crippen LogP contribution in [0, 0.1) is 17.1 Å². The molecule has 1 heterocycles. The lowest BCUT2D eigenvalue weighted by Gasteiger charge is -2.09. The van der Waals surface area contributed by atoms with Gasteiger partial charge in [-0.25, -0.2) is 4.39 Å². The second kappa shape index (κ2) is 5.56. The topological polar surface area (TPSA) is 36.7 Å². The third-order valence-electron chi connectivity index (χ3n) is 3.27. The lowest BCUT2D eigenvalue weighted by atomic mass is 9.96. The fourth-order valence-corrected chi connectivity index (χ4v) is 2.26. The molecule has 3 aromatic rings. The molecule has 0 aliphatic heterocycles. The molecule has 0 atom stereocenters. The molecule has 3 heteroatoms. The van der Waals surface area contributed by atoms with Gasteiger partial charge < -0.3 is 0 Å². The van der Waals surface area contributed by atoms with Gasteiger partial charge in [-0.1, -0.05) is 36.4 Å². The van der Waals surface area contributed by atoms with Crippen molar-refractivity contribution in [2.24, 2.45) is 0 Å². The maximum absolute atomic E-state index is 13.5. The molecule has 21 heavy (non-hydrogen) atoms. The van der Waals surface area contributed by atoms with Crippen LogP contribution in [-0.2, 0) is 0 Å². The zero-order valence-corrected chi connectivity index (χ0v) is 11.1. The Bertz CT molecular complexity index is 820. The van der Waals surface area contributed by atoms with Gasteiger partial charge in [0.25, 0.3) is 0 Å². The number of nitriles is 1. The molecular formula is C18H11FN2. The summed E-state index contributed by atoms with van der Waals surface area (Å²) < 4.78 is 13.5. The van der Waals surface area contributed by atoms with Crippen molar-refractivity contribution in [3.8, 4) is 28.5 Å². The Morgan fingerprint density at radius 1 is 0.905 bits per heavy atom. The minimum atomic E-state index is -0.503. The number of hydrogen-bond donors (Lipinski definition) is 0. The molecule has 0 unspecified atom stereocenters. The highest BCUT2D eigenvalue weighted by Crippen LogP contribution is 2.31. The van der Waals surface area contributed by atoms with E-state index in [1.807, 2.05) is 48.5 Å². The summed E-state index contributed by atoms with van der Waals surface area (Å²) in [6.07, 6.45) is 1.73. The van der Waals surface area contributed by atoms with Crippen LogP contribution in [0.15, 0.2) is 66.9 Å². The van der Waals surface area contributed by atoms with Gasteiger partial charge in [0.1, 0.15) is 11.9 Å². The molecule has 0 aliphatic carbocycles. The van der Waals surface area contributed by atoms with Crippen molar-refractivity contribution in [3.05, 3.63) is 78.2 Å². The van der Waals surface area contributed by atoms with Crippen molar-refractivity contribution in [3.63, 3.8) is 0 Å². The van der Waals surface area contributed by atoms with Gasteiger partial charge >= 0.3 is 0 Å². The molecule has 3 rings (SSSR count). The number of benzene rings is 2. The lowest BCUT2D eigenvalue weighted by molar-refractivity contribution is 0.624. The number of nitrogens with zero attached hydrogens (tertiary/aromatic N) is 2. The van der Waals surface area contributed by atoms with Gasteiger partial charge in [0, 0.05) is 11.8 Å². The highest BCUT2D eigenvalue weighted by molar-refractivity contribution is 5.82. The summed E-state index contributed by atoms with van der Waals surface area (Å²) in [6.45, 7) is 0. The van der Waals surface area contributed by atoms with Crippen molar-refractivity contribution < 1.29 is 4.39 Å². The van der Waals surface area contributed by atoms with E-state index in [1.165, 1.54) is 6.07 Å². The second-order valence-corrected chi connectivity index (χ2v) is 4.57. The van der Waals surface area contributed by atoms with Crippen LogP contribution < -0.4 is 0 Å². The molecule has 2 aromatic carbocycles. The van der Waals surface area contributed by atoms with Gasteiger partial charge in [0.05, 0.1) is 11.3 Å². The van der Waals surface area contributed by atoms with E-state index in [0.717, 1.165) is 22.4 Å². The van der Waals surface area contributed by atoms with Crippen LogP contribution in [0.1, 0.15) is 5.56 Å². The molecule has 0 saturated carbocycles. The monoisotopic (exact) mass is 274 g/mol.